The van der Waals surface area contributed by atoms with Crippen molar-refractivity contribution in [3.8, 4) is 0 Å². The summed E-state index contributed by atoms with van der Waals surface area (Å²) < 4.78 is 16.8. The number of benzene rings is 2. The van der Waals surface area contributed by atoms with Crippen LogP contribution in [0.25, 0.3) is 11.1 Å². The molecule has 0 bridgehead atoms. The van der Waals surface area contributed by atoms with Crippen LogP contribution in [0.1, 0.15) is 24.0 Å². The normalized spacial score (nSPS) is 20.7. The summed E-state index contributed by atoms with van der Waals surface area (Å²) in [6.07, 6.45) is 0.0894. The molecule has 1 unspecified atom stereocenters. The van der Waals surface area contributed by atoms with Crippen molar-refractivity contribution < 1.29 is 23.8 Å². The first kappa shape index (κ1) is 26.2. The highest BCUT2D eigenvalue weighted by molar-refractivity contribution is 6.37. The summed E-state index contributed by atoms with van der Waals surface area (Å²) in [6, 6.07) is 9.43. The summed E-state index contributed by atoms with van der Waals surface area (Å²) >= 11 is 24.7. The summed E-state index contributed by atoms with van der Waals surface area (Å²) in [5.74, 6) is -1.80. The number of hydrogen-bond acceptors (Lipinski definition) is 6. The molecule has 0 radical (unpaired) electrons. The molecule has 2 aliphatic rings. The molecule has 0 aromatic heterocycles. The molecule has 2 saturated heterocycles. The quantitative estimate of drug-likeness (QED) is 0.237. The predicted molar refractivity (Wildman–Crippen MR) is 136 cm³/mol. The van der Waals surface area contributed by atoms with Gasteiger partial charge in [0.15, 0.2) is 0 Å². The fourth-order valence-corrected chi connectivity index (χ4v) is 5.39. The number of ether oxygens (including phenoxy) is 3. The van der Waals surface area contributed by atoms with E-state index in [1.165, 1.54) is 12.1 Å². The van der Waals surface area contributed by atoms with Gasteiger partial charge in [0.1, 0.15) is 5.54 Å². The summed E-state index contributed by atoms with van der Waals surface area (Å²) in [5.41, 5.74) is -0.447. The zero-order valence-electron chi connectivity index (χ0n) is 18.5. The second-order valence-corrected chi connectivity index (χ2v) is 9.78. The fourth-order valence-electron chi connectivity index (χ4n) is 4.35. The summed E-state index contributed by atoms with van der Waals surface area (Å²) in [6.45, 7) is 9.14. The number of likely N-dealkylation sites (tertiary alicyclic amines) is 1. The van der Waals surface area contributed by atoms with E-state index in [9.17, 15) is 9.59 Å². The Bertz CT molecular complexity index is 1210. The van der Waals surface area contributed by atoms with E-state index in [-0.39, 0.29) is 10.6 Å². The summed E-state index contributed by atoms with van der Waals surface area (Å²) in [4.78, 5) is 28.5. The lowest BCUT2D eigenvalue weighted by Gasteiger charge is -2.39. The van der Waals surface area contributed by atoms with Crippen LogP contribution < -0.4 is 0 Å². The van der Waals surface area contributed by atoms with Crippen LogP contribution in [0.15, 0.2) is 49.6 Å². The van der Waals surface area contributed by atoms with Gasteiger partial charge in [0.2, 0.25) is 6.41 Å². The molecule has 35 heavy (non-hydrogen) atoms. The lowest BCUT2D eigenvalue weighted by Crippen LogP contribution is -2.56. The molecular weight excluding hydrogens is 536 g/mol. The molecule has 2 heterocycles. The lowest BCUT2D eigenvalue weighted by atomic mass is 9.83. The van der Waals surface area contributed by atoms with Gasteiger partial charge in [-0.25, -0.2) is 14.5 Å². The minimum absolute atomic E-state index is 0.0942. The van der Waals surface area contributed by atoms with Crippen LogP contribution in [0, 0.1) is 0 Å². The SMILES string of the molecule is C=C(C(=O)OC(=O)C1(C(=C)c2ccc(Cl)cc2Cl)CCCN1C1OCCO1)c1ccc(Cl)cc1Cl. The van der Waals surface area contributed by atoms with Crippen LogP contribution in [0.2, 0.25) is 20.1 Å². The van der Waals surface area contributed by atoms with Crippen molar-refractivity contribution >= 4 is 69.5 Å². The third-order valence-electron chi connectivity index (χ3n) is 6.07. The molecule has 2 aromatic carbocycles. The van der Waals surface area contributed by atoms with Crippen LogP contribution in [-0.2, 0) is 23.8 Å². The Hall–Kier alpha value is -1.90. The van der Waals surface area contributed by atoms with Crippen LogP contribution in [0.3, 0.4) is 0 Å². The molecule has 2 fully saturated rings. The average molecular weight is 557 g/mol. The second-order valence-electron chi connectivity index (χ2n) is 8.09. The van der Waals surface area contributed by atoms with Gasteiger partial charge in [0, 0.05) is 27.2 Å². The predicted octanol–water partition coefficient (Wildman–Crippen LogP) is 6.26. The van der Waals surface area contributed by atoms with Gasteiger partial charge >= 0.3 is 11.9 Å². The molecular formula is C25H21Cl4NO5. The van der Waals surface area contributed by atoms with E-state index >= 15 is 0 Å². The van der Waals surface area contributed by atoms with Gasteiger partial charge < -0.3 is 14.2 Å². The van der Waals surface area contributed by atoms with Crippen LogP contribution in [0.4, 0.5) is 0 Å². The topological polar surface area (TPSA) is 65.1 Å². The minimum Gasteiger partial charge on any atom is -0.388 e. The molecule has 4 rings (SSSR count). The molecule has 1 atom stereocenters. The van der Waals surface area contributed by atoms with Crippen molar-refractivity contribution in [2.24, 2.45) is 0 Å². The molecule has 0 saturated carbocycles. The molecule has 2 aliphatic heterocycles. The van der Waals surface area contributed by atoms with Crippen molar-refractivity contribution in [3.05, 3.63) is 80.8 Å². The van der Waals surface area contributed by atoms with Crippen molar-refractivity contribution in [2.45, 2.75) is 24.8 Å². The van der Waals surface area contributed by atoms with E-state index in [4.69, 9.17) is 60.6 Å². The van der Waals surface area contributed by atoms with Gasteiger partial charge in [-0.2, -0.15) is 0 Å². The van der Waals surface area contributed by atoms with Gasteiger partial charge in [-0.1, -0.05) is 71.7 Å². The number of esters is 2. The Morgan fingerprint density at radius 1 is 0.943 bits per heavy atom. The van der Waals surface area contributed by atoms with E-state index in [2.05, 4.69) is 13.2 Å². The molecule has 10 heteroatoms. The summed E-state index contributed by atoms with van der Waals surface area (Å²) in [7, 11) is 0. The van der Waals surface area contributed by atoms with Gasteiger partial charge in [0.05, 0.1) is 23.8 Å². The zero-order valence-corrected chi connectivity index (χ0v) is 21.5. The smallest absolute Gasteiger partial charge is 0.345 e. The first-order chi connectivity index (χ1) is 16.6. The molecule has 0 aliphatic carbocycles. The number of halogens is 4. The number of hydrogen-bond donors (Lipinski definition) is 0. The Morgan fingerprint density at radius 2 is 1.51 bits per heavy atom. The average Bonchev–Trinajstić information content (AvgIpc) is 3.48. The maximum Gasteiger partial charge on any atom is 0.345 e. The highest BCUT2D eigenvalue weighted by atomic mass is 35.5. The fraction of sp³-hybridized carbons (Fsp3) is 0.280. The van der Waals surface area contributed by atoms with Gasteiger partial charge in [0.25, 0.3) is 0 Å². The van der Waals surface area contributed by atoms with Crippen molar-refractivity contribution in [1.29, 1.82) is 0 Å². The van der Waals surface area contributed by atoms with E-state index in [0.717, 1.165) is 0 Å². The van der Waals surface area contributed by atoms with Crippen LogP contribution in [-0.4, -0.2) is 48.5 Å². The molecule has 6 nitrogen and oxygen atoms in total. The molecule has 0 amide bonds. The van der Waals surface area contributed by atoms with Gasteiger partial charge in [-0.05, 0) is 48.2 Å². The summed E-state index contributed by atoms with van der Waals surface area (Å²) in [5, 5.41) is 1.33. The molecule has 0 spiro atoms. The second kappa shape index (κ2) is 10.6. The number of nitrogens with zero attached hydrogens (tertiary/aromatic N) is 1. The van der Waals surface area contributed by atoms with E-state index < -0.39 is 23.9 Å². The first-order valence-electron chi connectivity index (χ1n) is 10.7. The molecule has 2 aromatic rings. The zero-order chi connectivity index (χ0) is 25.3. The lowest BCUT2D eigenvalue weighted by molar-refractivity contribution is -0.188. The van der Waals surface area contributed by atoms with Crippen molar-refractivity contribution in [2.75, 3.05) is 19.8 Å². The molecule has 184 valence electrons. The molecule has 0 N–H and O–H groups in total. The van der Waals surface area contributed by atoms with E-state index in [1.54, 1.807) is 29.2 Å². The first-order valence-corrected chi connectivity index (χ1v) is 12.2. The third kappa shape index (κ3) is 5.02. The van der Waals surface area contributed by atoms with E-state index in [0.29, 0.717) is 64.4 Å². The third-order valence-corrected chi connectivity index (χ3v) is 7.16. The Kier molecular flexibility index (Phi) is 7.93. The van der Waals surface area contributed by atoms with Gasteiger partial charge in [-0.15, -0.1) is 0 Å². The number of carbonyl (C=O) groups is 2. The Morgan fingerprint density at radius 3 is 2.09 bits per heavy atom. The number of rotatable bonds is 6. The highest BCUT2D eigenvalue weighted by Crippen LogP contribution is 2.45. The highest BCUT2D eigenvalue weighted by Gasteiger charge is 2.56. The standard InChI is InChI=1S/C25H21Cl4NO5/c1-14(18-6-4-16(26)12-20(18)28)22(31)35-23(32)25(8-3-9-30(25)24-33-10-11-34-24)15(2)19-7-5-17(27)13-21(19)29/h4-7,12-13,24H,1-3,8-11H2. The van der Waals surface area contributed by atoms with Crippen molar-refractivity contribution in [1.82, 2.24) is 4.90 Å². The van der Waals surface area contributed by atoms with Crippen LogP contribution >= 0.6 is 46.4 Å². The van der Waals surface area contributed by atoms with E-state index in [1.807, 2.05) is 0 Å². The maximum absolute atomic E-state index is 13.8. The Labute approximate surface area is 222 Å². The minimum atomic E-state index is -1.48. The Balaban J connectivity index is 1.69. The van der Waals surface area contributed by atoms with Crippen LogP contribution in [0.5, 0.6) is 0 Å². The van der Waals surface area contributed by atoms with Crippen molar-refractivity contribution in [3.63, 3.8) is 0 Å². The monoisotopic (exact) mass is 555 g/mol. The largest absolute Gasteiger partial charge is 0.388 e. The maximum atomic E-state index is 13.8. The van der Waals surface area contributed by atoms with Gasteiger partial charge in [-0.3, -0.25) is 0 Å². The number of carbonyl (C=O) groups excluding carboxylic acids is 2.